The number of rotatable bonds is 6. The number of sulfonamides is 1. The molecule has 2 aliphatic heterocycles. The number of nitrogens with one attached hydrogen (secondary N) is 1. The largest absolute Gasteiger partial charge is 0.341 e. The summed E-state index contributed by atoms with van der Waals surface area (Å²) in [6.07, 6.45) is 7.37. The lowest BCUT2D eigenvalue weighted by molar-refractivity contribution is -0.137. The number of hydrogen-bond acceptors (Lipinski definition) is 4. The van der Waals surface area contributed by atoms with E-state index in [0.717, 1.165) is 64.6 Å². The van der Waals surface area contributed by atoms with Gasteiger partial charge in [0.25, 0.3) is 0 Å². The van der Waals surface area contributed by atoms with E-state index < -0.39 is 15.3 Å². The molecule has 0 aromatic heterocycles. The first-order chi connectivity index (χ1) is 12.8. The molecule has 156 valence electrons. The predicted molar refractivity (Wildman–Crippen MR) is 108 cm³/mol. The molecule has 0 aromatic rings. The SMILES string of the molecule is CC(C)CN1CCC(C(=O)N2CCC[C@H](S(=O)(=O)NC3CCCC3)C2)CC1. The third-order valence-electron chi connectivity index (χ3n) is 6.37. The summed E-state index contributed by atoms with van der Waals surface area (Å²) in [5, 5.41) is -0.447. The van der Waals surface area contributed by atoms with Crippen molar-refractivity contribution < 1.29 is 13.2 Å². The Kier molecular flexibility index (Phi) is 7.20. The van der Waals surface area contributed by atoms with Crippen molar-refractivity contribution in [3.8, 4) is 0 Å². The Balaban J connectivity index is 1.52. The second-order valence-electron chi connectivity index (χ2n) is 9.16. The minimum absolute atomic E-state index is 0.0673. The quantitative estimate of drug-likeness (QED) is 0.743. The van der Waals surface area contributed by atoms with Gasteiger partial charge in [-0.05, 0) is 57.5 Å². The molecular weight excluding hydrogens is 362 g/mol. The molecule has 1 saturated carbocycles. The second kappa shape index (κ2) is 9.23. The monoisotopic (exact) mass is 399 g/mol. The van der Waals surface area contributed by atoms with E-state index >= 15 is 0 Å². The molecule has 1 N–H and O–H groups in total. The molecule has 1 amide bonds. The fraction of sp³-hybridized carbons (Fsp3) is 0.950. The van der Waals surface area contributed by atoms with Crippen LogP contribution in [0.2, 0.25) is 0 Å². The van der Waals surface area contributed by atoms with Gasteiger partial charge in [0.15, 0.2) is 0 Å². The predicted octanol–water partition coefficient (Wildman–Crippen LogP) is 2.21. The summed E-state index contributed by atoms with van der Waals surface area (Å²) < 4.78 is 28.5. The van der Waals surface area contributed by atoms with Crippen LogP contribution in [-0.2, 0) is 14.8 Å². The van der Waals surface area contributed by atoms with Crippen LogP contribution in [0.3, 0.4) is 0 Å². The van der Waals surface area contributed by atoms with Gasteiger partial charge in [-0.15, -0.1) is 0 Å². The van der Waals surface area contributed by atoms with E-state index in [1.54, 1.807) is 0 Å². The van der Waals surface area contributed by atoms with Gasteiger partial charge in [-0.1, -0.05) is 26.7 Å². The van der Waals surface area contributed by atoms with Gasteiger partial charge in [0.1, 0.15) is 0 Å². The highest BCUT2D eigenvalue weighted by molar-refractivity contribution is 7.90. The third-order valence-corrected chi connectivity index (χ3v) is 8.30. The lowest BCUT2D eigenvalue weighted by Crippen LogP contribution is -2.52. The van der Waals surface area contributed by atoms with Crippen molar-refractivity contribution in [1.82, 2.24) is 14.5 Å². The molecule has 6 nitrogen and oxygen atoms in total. The van der Waals surface area contributed by atoms with Crippen LogP contribution in [0.4, 0.5) is 0 Å². The summed E-state index contributed by atoms with van der Waals surface area (Å²) >= 11 is 0. The zero-order chi connectivity index (χ0) is 19.4. The fourth-order valence-corrected chi connectivity index (χ4v) is 6.65. The molecule has 3 aliphatic rings. The van der Waals surface area contributed by atoms with Crippen LogP contribution < -0.4 is 4.72 Å². The molecule has 2 saturated heterocycles. The third kappa shape index (κ3) is 5.67. The van der Waals surface area contributed by atoms with Gasteiger partial charge in [-0.2, -0.15) is 0 Å². The van der Waals surface area contributed by atoms with Crippen LogP contribution in [0.25, 0.3) is 0 Å². The second-order valence-corrected chi connectivity index (χ2v) is 11.2. The summed E-state index contributed by atoms with van der Waals surface area (Å²) in [6, 6.07) is 0.103. The minimum atomic E-state index is -3.34. The Hall–Kier alpha value is -0.660. The summed E-state index contributed by atoms with van der Waals surface area (Å²) in [5.74, 6) is 0.898. The normalized spacial score (nSPS) is 26.8. The van der Waals surface area contributed by atoms with E-state index in [0.29, 0.717) is 25.4 Å². The molecule has 0 aromatic carbocycles. The molecule has 0 spiro atoms. The Morgan fingerprint density at radius 2 is 1.67 bits per heavy atom. The zero-order valence-corrected chi connectivity index (χ0v) is 17.8. The molecule has 0 radical (unpaired) electrons. The standard InChI is InChI=1S/C20H37N3O3S/c1-16(2)14-22-12-9-17(10-13-22)20(24)23-11-5-8-19(15-23)27(25,26)21-18-6-3-4-7-18/h16-19,21H,3-15H2,1-2H3/t19-/m0/s1. The van der Waals surface area contributed by atoms with Crippen molar-refractivity contribution in [3.05, 3.63) is 0 Å². The van der Waals surface area contributed by atoms with Gasteiger partial charge < -0.3 is 9.80 Å². The van der Waals surface area contributed by atoms with Gasteiger partial charge in [0.2, 0.25) is 15.9 Å². The summed E-state index contributed by atoms with van der Waals surface area (Å²) in [5.41, 5.74) is 0. The first kappa shape index (κ1) is 21.1. The lowest BCUT2D eigenvalue weighted by atomic mass is 9.94. The van der Waals surface area contributed by atoms with Crippen LogP contribution in [0.15, 0.2) is 0 Å². The van der Waals surface area contributed by atoms with Crippen LogP contribution in [0.1, 0.15) is 65.2 Å². The number of hydrogen-bond donors (Lipinski definition) is 1. The Morgan fingerprint density at radius 1 is 1.00 bits per heavy atom. The molecule has 3 fully saturated rings. The van der Waals surface area contributed by atoms with Gasteiger partial charge in [0.05, 0.1) is 5.25 Å². The minimum Gasteiger partial charge on any atom is -0.341 e. The van der Waals surface area contributed by atoms with Crippen LogP contribution in [0.5, 0.6) is 0 Å². The van der Waals surface area contributed by atoms with Crippen molar-refractivity contribution in [3.63, 3.8) is 0 Å². The molecule has 1 atom stereocenters. The van der Waals surface area contributed by atoms with Crippen molar-refractivity contribution in [2.45, 2.75) is 76.5 Å². The highest BCUT2D eigenvalue weighted by Crippen LogP contribution is 2.25. The number of amides is 1. The zero-order valence-electron chi connectivity index (χ0n) is 17.0. The van der Waals surface area contributed by atoms with Crippen molar-refractivity contribution in [2.75, 3.05) is 32.7 Å². The van der Waals surface area contributed by atoms with Gasteiger partial charge in [-0.25, -0.2) is 13.1 Å². The highest BCUT2D eigenvalue weighted by atomic mass is 32.2. The topological polar surface area (TPSA) is 69.7 Å². The Labute approximate surface area is 165 Å². The van der Waals surface area contributed by atoms with Crippen molar-refractivity contribution >= 4 is 15.9 Å². The highest BCUT2D eigenvalue weighted by Gasteiger charge is 2.37. The van der Waals surface area contributed by atoms with E-state index in [2.05, 4.69) is 23.5 Å². The number of likely N-dealkylation sites (tertiary alicyclic amines) is 2. The lowest BCUT2D eigenvalue weighted by Gasteiger charge is -2.38. The van der Waals surface area contributed by atoms with Crippen LogP contribution in [0, 0.1) is 11.8 Å². The van der Waals surface area contributed by atoms with E-state index in [4.69, 9.17) is 0 Å². The van der Waals surface area contributed by atoms with Crippen molar-refractivity contribution in [2.24, 2.45) is 11.8 Å². The summed E-state index contributed by atoms with van der Waals surface area (Å²) in [6.45, 7) is 8.59. The van der Waals surface area contributed by atoms with E-state index in [-0.39, 0.29) is 17.9 Å². The van der Waals surface area contributed by atoms with Crippen LogP contribution >= 0.6 is 0 Å². The molecular formula is C20H37N3O3S. The summed E-state index contributed by atoms with van der Waals surface area (Å²) in [7, 11) is -3.34. The van der Waals surface area contributed by atoms with E-state index in [1.807, 2.05) is 4.90 Å². The molecule has 0 unspecified atom stereocenters. The summed E-state index contributed by atoms with van der Waals surface area (Å²) in [4.78, 5) is 17.3. The maximum atomic E-state index is 13.0. The van der Waals surface area contributed by atoms with Gasteiger partial charge in [0, 0.05) is 31.6 Å². The maximum Gasteiger partial charge on any atom is 0.225 e. The Bertz CT molecular complexity index is 594. The molecule has 1 aliphatic carbocycles. The first-order valence-electron chi connectivity index (χ1n) is 10.9. The number of nitrogens with zero attached hydrogens (tertiary/aromatic N) is 2. The first-order valence-corrected chi connectivity index (χ1v) is 12.4. The average Bonchev–Trinajstić information content (AvgIpc) is 3.14. The smallest absolute Gasteiger partial charge is 0.225 e. The average molecular weight is 400 g/mol. The van der Waals surface area contributed by atoms with Gasteiger partial charge in [-0.3, -0.25) is 4.79 Å². The Morgan fingerprint density at radius 3 is 2.30 bits per heavy atom. The van der Waals surface area contributed by atoms with Gasteiger partial charge >= 0.3 is 0 Å². The number of carbonyl (C=O) groups excluding carboxylic acids is 1. The fourth-order valence-electron chi connectivity index (χ4n) is 4.90. The molecule has 7 heteroatoms. The van der Waals surface area contributed by atoms with E-state index in [9.17, 15) is 13.2 Å². The number of carbonyl (C=O) groups is 1. The van der Waals surface area contributed by atoms with Crippen LogP contribution in [-0.4, -0.2) is 68.1 Å². The number of piperidine rings is 2. The molecule has 3 rings (SSSR count). The maximum absolute atomic E-state index is 13.0. The van der Waals surface area contributed by atoms with Crippen molar-refractivity contribution in [1.29, 1.82) is 0 Å². The molecule has 27 heavy (non-hydrogen) atoms. The molecule has 2 heterocycles. The molecule has 0 bridgehead atoms. The van der Waals surface area contributed by atoms with E-state index in [1.165, 1.54) is 0 Å².